The number of carbonyl (C=O) groups excluding carboxylic acids is 1. The van der Waals surface area contributed by atoms with Gasteiger partial charge >= 0.3 is 0 Å². The molecular formula is C24H30ClNO5. The molecule has 2 rings (SSSR count). The number of halogens is 1. The van der Waals surface area contributed by atoms with E-state index < -0.39 is 6.10 Å². The van der Waals surface area contributed by atoms with Crippen molar-refractivity contribution in [2.24, 2.45) is 0 Å². The normalized spacial score (nSPS) is 11.9. The summed E-state index contributed by atoms with van der Waals surface area (Å²) in [5.41, 5.74) is 1.58. The van der Waals surface area contributed by atoms with Crippen LogP contribution in [0.5, 0.6) is 17.2 Å². The standard InChI is InChI=1S/C24H30ClNO5/c1-5-30-21-10-8-7-9-19(21)16-26(15-17(3)27)23(28)12-11-18-13-20(25)24(29-4)22(14-18)31-6-2/h7-14,17,27H,5-6,15-16H2,1-4H3/b12-11-. The van der Waals surface area contributed by atoms with Crippen molar-refractivity contribution in [2.45, 2.75) is 33.4 Å². The molecule has 0 bridgehead atoms. The number of benzene rings is 2. The summed E-state index contributed by atoms with van der Waals surface area (Å²) in [5, 5.41) is 10.3. The first kappa shape index (κ1) is 24.6. The van der Waals surface area contributed by atoms with Gasteiger partial charge in [0.2, 0.25) is 5.91 Å². The van der Waals surface area contributed by atoms with E-state index in [1.165, 1.54) is 13.2 Å². The van der Waals surface area contributed by atoms with Crippen molar-refractivity contribution < 1.29 is 24.1 Å². The van der Waals surface area contributed by atoms with Gasteiger partial charge in [-0.05, 0) is 50.6 Å². The molecule has 1 unspecified atom stereocenters. The monoisotopic (exact) mass is 447 g/mol. The summed E-state index contributed by atoms with van der Waals surface area (Å²) in [6, 6.07) is 11.0. The van der Waals surface area contributed by atoms with Crippen LogP contribution in [0.1, 0.15) is 31.9 Å². The highest BCUT2D eigenvalue weighted by molar-refractivity contribution is 6.32. The SMILES string of the molecule is CCOc1ccccc1CN(CC(C)O)C(=O)/C=C\c1cc(Cl)c(OC)c(OCC)c1. The predicted molar refractivity (Wildman–Crippen MR) is 123 cm³/mol. The van der Waals surface area contributed by atoms with Gasteiger partial charge in [0.05, 0.1) is 31.5 Å². The van der Waals surface area contributed by atoms with Crippen LogP contribution in [0.2, 0.25) is 5.02 Å². The van der Waals surface area contributed by atoms with Crippen LogP contribution in [0.4, 0.5) is 0 Å². The number of hydrogen-bond donors (Lipinski definition) is 1. The lowest BCUT2D eigenvalue weighted by molar-refractivity contribution is -0.127. The molecule has 1 atom stereocenters. The number of nitrogens with zero attached hydrogens (tertiary/aromatic N) is 1. The topological polar surface area (TPSA) is 68.2 Å². The molecule has 31 heavy (non-hydrogen) atoms. The molecule has 0 saturated heterocycles. The number of rotatable bonds is 11. The summed E-state index contributed by atoms with van der Waals surface area (Å²) >= 11 is 6.29. The third-order valence-corrected chi connectivity index (χ3v) is 4.66. The zero-order valence-electron chi connectivity index (χ0n) is 18.4. The van der Waals surface area contributed by atoms with Gasteiger partial charge in [0.1, 0.15) is 5.75 Å². The van der Waals surface area contributed by atoms with Crippen LogP contribution in [0.25, 0.3) is 6.08 Å². The summed E-state index contributed by atoms with van der Waals surface area (Å²) in [4.78, 5) is 14.5. The van der Waals surface area contributed by atoms with Crippen molar-refractivity contribution in [3.8, 4) is 17.2 Å². The highest BCUT2D eigenvalue weighted by Crippen LogP contribution is 2.36. The van der Waals surface area contributed by atoms with Crippen LogP contribution < -0.4 is 14.2 Å². The van der Waals surface area contributed by atoms with Crippen molar-refractivity contribution in [2.75, 3.05) is 26.9 Å². The van der Waals surface area contributed by atoms with E-state index in [2.05, 4.69) is 0 Å². The van der Waals surface area contributed by atoms with Crippen LogP contribution in [0, 0.1) is 0 Å². The van der Waals surface area contributed by atoms with Crippen LogP contribution in [-0.4, -0.2) is 48.9 Å². The van der Waals surface area contributed by atoms with Gasteiger partial charge in [-0.15, -0.1) is 0 Å². The molecular weight excluding hydrogens is 418 g/mol. The van der Waals surface area contributed by atoms with Crippen LogP contribution >= 0.6 is 11.6 Å². The Morgan fingerprint density at radius 3 is 2.48 bits per heavy atom. The third-order valence-electron chi connectivity index (χ3n) is 4.38. The number of ether oxygens (including phenoxy) is 3. The molecule has 0 fully saturated rings. The Labute approximate surface area is 189 Å². The summed E-state index contributed by atoms with van der Waals surface area (Å²) in [7, 11) is 1.52. The van der Waals surface area contributed by atoms with Crippen LogP contribution in [-0.2, 0) is 11.3 Å². The van der Waals surface area contributed by atoms with Gasteiger partial charge in [-0.25, -0.2) is 0 Å². The number of hydrogen-bond acceptors (Lipinski definition) is 5. The number of aliphatic hydroxyl groups excluding tert-OH is 1. The third kappa shape index (κ3) is 7.19. The first-order valence-corrected chi connectivity index (χ1v) is 10.6. The van der Waals surface area contributed by atoms with E-state index in [1.807, 2.05) is 38.1 Å². The summed E-state index contributed by atoms with van der Waals surface area (Å²) in [6.45, 7) is 6.93. The second kappa shape index (κ2) is 12.2. The molecule has 1 N–H and O–H groups in total. The van der Waals surface area contributed by atoms with Gasteiger partial charge < -0.3 is 24.2 Å². The number of methoxy groups -OCH3 is 1. The fourth-order valence-electron chi connectivity index (χ4n) is 3.11. The molecule has 0 radical (unpaired) electrons. The van der Waals surface area contributed by atoms with E-state index in [-0.39, 0.29) is 12.5 Å². The van der Waals surface area contributed by atoms with E-state index in [0.717, 1.165) is 11.3 Å². The quantitative estimate of drug-likeness (QED) is 0.511. The maximum Gasteiger partial charge on any atom is 0.246 e. The van der Waals surface area contributed by atoms with Crippen molar-refractivity contribution in [1.29, 1.82) is 0 Å². The summed E-state index contributed by atoms with van der Waals surface area (Å²) < 4.78 is 16.5. The molecule has 0 aliphatic carbocycles. The molecule has 1 amide bonds. The molecule has 2 aromatic carbocycles. The molecule has 6 nitrogen and oxygen atoms in total. The van der Waals surface area contributed by atoms with Crippen molar-refractivity contribution in [3.63, 3.8) is 0 Å². The lowest BCUT2D eigenvalue weighted by atomic mass is 10.1. The molecule has 2 aromatic rings. The van der Waals surface area contributed by atoms with Crippen molar-refractivity contribution >= 4 is 23.6 Å². The smallest absolute Gasteiger partial charge is 0.246 e. The zero-order valence-corrected chi connectivity index (χ0v) is 19.2. The first-order valence-electron chi connectivity index (χ1n) is 10.3. The minimum absolute atomic E-state index is 0.192. The van der Waals surface area contributed by atoms with Gasteiger partial charge in [-0.1, -0.05) is 29.8 Å². The minimum Gasteiger partial charge on any atom is -0.494 e. The number of aliphatic hydroxyl groups is 1. The van der Waals surface area contributed by atoms with Crippen molar-refractivity contribution in [3.05, 3.63) is 58.6 Å². The number of para-hydroxylation sites is 1. The van der Waals surface area contributed by atoms with E-state index in [9.17, 15) is 9.90 Å². The Morgan fingerprint density at radius 1 is 1.16 bits per heavy atom. The van der Waals surface area contributed by atoms with Gasteiger partial charge in [0, 0.05) is 24.7 Å². The van der Waals surface area contributed by atoms with Gasteiger partial charge in [-0.2, -0.15) is 0 Å². The minimum atomic E-state index is -0.670. The number of carbonyl (C=O) groups is 1. The number of amides is 1. The lowest BCUT2D eigenvalue weighted by Crippen LogP contribution is -2.35. The molecule has 0 aliphatic heterocycles. The Kier molecular flexibility index (Phi) is 9.69. The molecule has 168 valence electrons. The molecule has 7 heteroatoms. The lowest BCUT2D eigenvalue weighted by Gasteiger charge is -2.24. The van der Waals surface area contributed by atoms with Crippen LogP contribution in [0.15, 0.2) is 42.5 Å². The van der Waals surface area contributed by atoms with Crippen LogP contribution in [0.3, 0.4) is 0 Å². The maximum atomic E-state index is 12.9. The van der Waals surface area contributed by atoms with E-state index >= 15 is 0 Å². The van der Waals surface area contributed by atoms with Gasteiger partial charge in [0.15, 0.2) is 11.5 Å². The first-order chi connectivity index (χ1) is 14.9. The van der Waals surface area contributed by atoms with E-state index in [0.29, 0.717) is 41.8 Å². The average Bonchev–Trinajstić information content (AvgIpc) is 2.73. The van der Waals surface area contributed by atoms with Gasteiger partial charge in [0.25, 0.3) is 0 Å². The van der Waals surface area contributed by atoms with E-state index in [1.54, 1.807) is 30.0 Å². The largest absolute Gasteiger partial charge is 0.494 e. The second-order valence-electron chi connectivity index (χ2n) is 6.91. The van der Waals surface area contributed by atoms with Gasteiger partial charge in [-0.3, -0.25) is 4.79 Å². The zero-order chi connectivity index (χ0) is 22.8. The maximum absolute atomic E-state index is 12.9. The molecule has 0 spiro atoms. The molecule has 0 aromatic heterocycles. The highest BCUT2D eigenvalue weighted by Gasteiger charge is 2.17. The summed E-state index contributed by atoms with van der Waals surface area (Å²) in [5.74, 6) is 1.45. The van der Waals surface area contributed by atoms with E-state index in [4.69, 9.17) is 25.8 Å². The Morgan fingerprint density at radius 2 is 1.84 bits per heavy atom. The Bertz CT molecular complexity index is 898. The predicted octanol–water partition coefficient (Wildman–Crippen LogP) is 4.57. The summed E-state index contributed by atoms with van der Waals surface area (Å²) in [6.07, 6.45) is 2.45. The fourth-order valence-corrected chi connectivity index (χ4v) is 3.40. The molecule has 0 saturated carbocycles. The fraction of sp³-hybridized carbons (Fsp3) is 0.375. The van der Waals surface area contributed by atoms with Crippen molar-refractivity contribution in [1.82, 2.24) is 4.90 Å². The molecule has 0 heterocycles. The second-order valence-corrected chi connectivity index (χ2v) is 7.32. The Balaban J connectivity index is 2.25. The highest BCUT2D eigenvalue weighted by atomic mass is 35.5. The Hall–Kier alpha value is -2.70. The molecule has 0 aliphatic rings. The average molecular weight is 448 g/mol.